The monoisotopic (exact) mass is 482 g/mol. The molecule has 6 atom stereocenters. The Morgan fingerprint density at radius 2 is 2.03 bits per heavy atom. The largest absolute Gasteiger partial charge is 0.378 e. The summed E-state index contributed by atoms with van der Waals surface area (Å²) in [7, 11) is 0. The number of amides is 1. The number of alkyl halides is 1. The molecule has 2 saturated carbocycles. The van der Waals surface area contributed by atoms with Gasteiger partial charge in [0.1, 0.15) is 0 Å². The standard InChI is InChI=1S/C24H43ClN6O2/c1-3-27-22(32)14-20-24-30-29-15(2)31(24)21-10-9-18(33-12-4-11-26)13-19(21)23(28-20)16-5-7-17(25)8-6-16/h15-21,24,29-30H,3-14,26H2,1-2H3,(H,27,32)/t15?,16?,17?,18?,19?,20-,21?,24?/m0/s1. The molecule has 5 N–H and O–H groups in total. The zero-order valence-electron chi connectivity index (χ0n) is 20.3. The summed E-state index contributed by atoms with van der Waals surface area (Å²) < 4.78 is 6.26. The Hall–Kier alpha value is -0.770. The Kier molecular flexibility index (Phi) is 9.04. The summed E-state index contributed by atoms with van der Waals surface area (Å²) in [5.74, 6) is 0.879. The second-order valence-corrected chi connectivity index (χ2v) is 10.8. The first-order valence-electron chi connectivity index (χ1n) is 13.1. The van der Waals surface area contributed by atoms with Crippen molar-refractivity contribution in [1.29, 1.82) is 0 Å². The molecule has 2 heterocycles. The van der Waals surface area contributed by atoms with E-state index in [0.29, 0.717) is 37.4 Å². The SMILES string of the molecule is CCNC(=O)C[C@@H]1N=C(C2CCC(Cl)CC2)C2CC(OCCCN)CCC2N2C(C)NNC12. The lowest BCUT2D eigenvalue weighted by Crippen LogP contribution is -2.55. The van der Waals surface area contributed by atoms with Gasteiger partial charge in [-0.3, -0.25) is 14.7 Å². The molecular formula is C24H43ClN6O2. The average Bonchev–Trinajstić information content (AvgIpc) is 3.12. The average molecular weight is 483 g/mol. The molecule has 0 radical (unpaired) electrons. The molecule has 9 heteroatoms. The first kappa shape index (κ1) is 25.3. The van der Waals surface area contributed by atoms with Crippen molar-refractivity contribution in [3.8, 4) is 0 Å². The van der Waals surface area contributed by atoms with Crippen LogP contribution in [0.5, 0.6) is 0 Å². The molecule has 4 rings (SSSR count). The van der Waals surface area contributed by atoms with E-state index < -0.39 is 0 Å². The number of rotatable bonds is 8. The summed E-state index contributed by atoms with van der Waals surface area (Å²) in [6.45, 7) is 6.21. The number of ether oxygens (including phenoxy) is 1. The molecule has 0 bridgehead atoms. The number of nitrogens with zero attached hydrogens (tertiary/aromatic N) is 2. The van der Waals surface area contributed by atoms with E-state index in [-0.39, 0.29) is 35.8 Å². The fourth-order valence-corrected chi connectivity index (χ4v) is 6.64. The molecule has 0 aromatic carbocycles. The van der Waals surface area contributed by atoms with Crippen LogP contribution in [0.25, 0.3) is 0 Å². The Bertz CT molecular complexity index is 686. The van der Waals surface area contributed by atoms with Gasteiger partial charge in [-0.1, -0.05) is 0 Å². The van der Waals surface area contributed by atoms with Gasteiger partial charge in [0.2, 0.25) is 5.91 Å². The second kappa shape index (κ2) is 11.8. The predicted octanol–water partition coefficient (Wildman–Crippen LogP) is 2.12. The van der Waals surface area contributed by atoms with E-state index >= 15 is 0 Å². The zero-order valence-corrected chi connectivity index (χ0v) is 21.0. The summed E-state index contributed by atoms with van der Waals surface area (Å²) in [5, 5.41) is 3.26. The van der Waals surface area contributed by atoms with Gasteiger partial charge in [0.05, 0.1) is 30.9 Å². The van der Waals surface area contributed by atoms with E-state index in [4.69, 9.17) is 27.1 Å². The number of hydrazine groups is 1. The molecule has 2 aliphatic carbocycles. The first-order valence-corrected chi connectivity index (χ1v) is 13.5. The van der Waals surface area contributed by atoms with Gasteiger partial charge in [0, 0.05) is 36.2 Å². The van der Waals surface area contributed by atoms with Crippen LogP contribution in [0.3, 0.4) is 0 Å². The zero-order chi connectivity index (χ0) is 23.4. The van der Waals surface area contributed by atoms with Crippen LogP contribution in [0.1, 0.15) is 71.6 Å². The van der Waals surface area contributed by atoms with Gasteiger partial charge in [0.15, 0.2) is 0 Å². The lowest BCUT2D eigenvalue weighted by atomic mass is 9.72. The van der Waals surface area contributed by atoms with Crippen LogP contribution in [-0.2, 0) is 9.53 Å². The Balaban J connectivity index is 1.63. The Morgan fingerprint density at radius 1 is 1.24 bits per heavy atom. The minimum absolute atomic E-state index is 0.0201. The lowest BCUT2D eigenvalue weighted by molar-refractivity contribution is -0.121. The van der Waals surface area contributed by atoms with Crippen LogP contribution in [0.4, 0.5) is 0 Å². The van der Waals surface area contributed by atoms with Crippen LogP contribution in [0.15, 0.2) is 4.99 Å². The summed E-state index contributed by atoms with van der Waals surface area (Å²) in [6.07, 6.45) is 9.19. The van der Waals surface area contributed by atoms with E-state index in [1.165, 1.54) is 5.71 Å². The molecule has 33 heavy (non-hydrogen) atoms. The second-order valence-electron chi connectivity index (χ2n) is 10.2. The van der Waals surface area contributed by atoms with Gasteiger partial charge in [-0.2, -0.15) is 0 Å². The maximum atomic E-state index is 12.6. The minimum Gasteiger partial charge on any atom is -0.378 e. The minimum atomic E-state index is -0.111. The lowest BCUT2D eigenvalue weighted by Gasteiger charge is -2.44. The van der Waals surface area contributed by atoms with E-state index in [0.717, 1.165) is 58.0 Å². The molecule has 0 spiro atoms. The highest BCUT2D eigenvalue weighted by Crippen LogP contribution is 2.42. The van der Waals surface area contributed by atoms with Crippen LogP contribution in [0, 0.1) is 11.8 Å². The maximum absolute atomic E-state index is 12.6. The number of hydrogen-bond acceptors (Lipinski definition) is 7. The number of nitrogens with one attached hydrogen (secondary N) is 3. The number of carbonyl (C=O) groups excluding carboxylic acids is 1. The number of fused-ring (bicyclic) bond motifs is 3. The Labute approximate surface area is 203 Å². The molecule has 8 nitrogen and oxygen atoms in total. The van der Waals surface area contributed by atoms with Crippen LogP contribution in [-0.4, -0.2) is 72.1 Å². The number of carbonyl (C=O) groups is 1. The molecule has 1 amide bonds. The van der Waals surface area contributed by atoms with Crippen LogP contribution in [0.2, 0.25) is 0 Å². The van der Waals surface area contributed by atoms with Crippen molar-refractivity contribution in [3.63, 3.8) is 0 Å². The van der Waals surface area contributed by atoms with Crippen molar-refractivity contribution in [2.24, 2.45) is 22.6 Å². The molecule has 0 aromatic rings. The quantitative estimate of drug-likeness (QED) is 0.312. The third-order valence-electron chi connectivity index (χ3n) is 7.96. The van der Waals surface area contributed by atoms with Crippen molar-refractivity contribution >= 4 is 23.2 Å². The molecule has 188 valence electrons. The molecule has 1 saturated heterocycles. The maximum Gasteiger partial charge on any atom is 0.222 e. The number of aliphatic imine (C=N–C) groups is 1. The van der Waals surface area contributed by atoms with Crippen molar-refractivity contribution in [2.45, 2.75) is 108 Å². The summed E-state index contributed by atoms with van der Waals surface area (Å²) >= 11 is 6.46. The van der Waals surface area contributed by atoms with Crippen molar-refractivity contribution < 1.29 is 9.53 Å². The highest BCUT2D eigenvalue weighted by Gasteiger charge is 2.50. The molecule has 4 aliphatic rings. The molecule has 5 unspecified atom stereocenters. The number of halogens is 1. The van der Waals surface area contributed by atoms with E-state index in [9.17, 15) is 4.79 Å². The van der Waals surface area contributed by atoms with Gasteiger partial charge in [0.25, 0.3) is 0 Å². The molecule has 2 aliphatic heterocycles. The smallest absolute Gasteiger partial charge is 0.222 e. The van der Waals surface area contributed by atoms with Crippen LogP contribution < -0.4 is 21.9 Å². The van der Waals surface area contributed by atoms with Gasteiger partial charge < -0.3 is 15.8 Å². The predicted molar refractivity (Wildman–Crippen MR) is 132 cm³/mol. The fraction of sp³-hybridized carbons (Fsp3) is 0.917. The van der Waals surface area contributed by atoms with Gasteiger partial charge in [-0.05, 0) is 77.7 Å². The summed E-state index contributed by atoms with van der Waals surface area (Å²) in [5.41, 5.74) is 13.9. The topological polar surface area (TPSA) is 104 Å². The van der Waals surface area contributed by atoms with E-state index in [1.807, 2.05) is 6.92 Å². The van der Waals surface area contributed by atoms with Crippen LogP contribution >= 0.6 is 11.6 Å². The molecular weight excluding hydrogens is 440 g/mol. The first-order chi connectivity index (χ1) is 16.0. The summed E-state index contributed by atoms with van der Waals surface area (Å²) in [4.78, 5) is 20.6. The number of hydrogen-bond donors (Lipinski definition) is 4. The van der Waals surface area contributed by atoms with E-state index in [2.05, 4.69) is 28.0 Å². The fourth-order valence-electron chi connectivity index (χ4n) is 6.39. The third-order valence-corrected chi connectivity index (χ3v) is 8.40. The van der Waals surface area contributed by atoms with Gasteiger partial charge >= 0.3 is 0 Å². The van der Waals surface area contributed by atoms with Crippen molar-refractivity contribution in [2.75, 3.05) is 19.7 Å². The third kappa shape index (κ3) is 5.90. The number of nitrogens with two attached hydrogens (primary N) is 1. The van der Waals surface area contributed by atoms with Gasteiger partial charge in [-0.25, -0.2) is 10.9 Å². The van der Waals surface area contributed by atoms with E-state index in [1.54, 1.807) is 0 Å². The molecule has 3 fully saturated rings. The normalized spacial score (nSPS) is 39.3. The highest BCUT2D eigenvalue weighted by atomic mass is 35.5. The Morgan fingerprint density at radius 3 is 2.76 bits per heavy atom. The molecule has 0 aromatic heterocycles. The summed E-state index contributed by atoms with van der Waals surface area (Å²) in [6, 6.07) is 0.286. The van der Waals surface area contributed by atoms with Crippen molar-refractivity contribution in [1.82, 2.24) is 21.1 Å². The van der Waals surface area contributed by atoms with Crippen molar-refractivity contribution in [3.05, 3.63) is 0 Å². The highest BCUT2D eigenvalue weighted by molar-refractivity contribution is 6.20. The van der Waals surface area contributed by atoms with Gasteiger partial charge in [-0.15, -0.1) is 11.6 Å².